The fraction of sp³-hybridized carbons (Fsp3) is 0.714. The van der Waals surface area contributed by atoms with Crippen molar-refractivity contribution < 1.29 is 22.6 Å². The van der Waals surface area contributed by atoms with Crippen molar-refractivity contribution in [3.05, 3.63) is 23.3 Å². The summed E-state index contributed by atoms with van der Waals surface area (Å²) in [4.78, 5) is 0. The molecule has 160 valence electrons. The van der Waals surface area contributed by atoms with Crippen LogP contribution in [0.25, 0.3) is 0 Å². The Morgan fingerprint density at radius 2 is 1.76 bits per heavy atom. The predicted octanol–water partition coefficient (Wildman–Crippen LogP) is 2.36. The third kappa shape index (κ3) is 4.13. The number of sulfonamides is 1. The average molecular weight is 423 g/mol. The monoisotopic (exact) mass is 422 g/mol. The molecule has 0 aromatic heterocycles. The first kappa shape index (κ1) is 19.6. The Labute approximate surface area is 172 Å². The first-order valence-corrected chi connectivity index (χ1v) is 12.3. The minimum atomic E-state index is -3.20. The summed E-state index contributed by atoms with van der Waals surface area (Å²) in [5.41, 5.74) is 2.50. The summed E-state index contributed by atoms with van der Waals surface area (Å²) >= 11 is 0. The van der Waals surface area contributed by atoms with E-state index in [4.69, 9.17) is 14.2 Å². The topological polar surface area (TPSA) is 77.1 Å². The van der Waals surface area contributed by atoms with Gasteiger partial charge in [-0.15, -0.1) is 0 Å². The number of nitrogens with one attached hydrogen (secondary N) is 1. The Balaban J connectivity index is 1.16. The first-order valence-electron chi connectivity index (χ1n) is 10.8. The molecule has 8 heteroatoms. The Morgan fingerprint density at radius 1 is 1.00 bits per heavy atom. The lowest BCUT2D eigenvalue weighted by molar-refractivity contribution is 0.0968. The van der Waals surface area contributed by atoms with Gasteiger partial charge < -0.3 is 19.5 Å². The summed E-state index contributed by atoms with van der Waals surface area (Å²) in [6.07, 6.45) is 5.40. The van der Waals surface area contributed by atoms with Gasteiger partial charge in [0.2, 0.25) is 16.8 Å². The third-order valence-electron chi connectivity index (χ3n) is 6.58. The van der Waals surface area contributed by atoms with Gasteiger partial charge in [0.05, 0.1) is 5.25 Å². The second-order valence-electron chi connectivity index (χ2n) is 8.60. The highest BCUT2D eigenvalue weighted by molar-refractivity contribution is 7.89. The molecule has 3 heterocycles. The maximum atomic E-state index is 12.9. The number of fused-ring (bicyclic) bond motifs is 1. The van der Waals surface area contributed by atoms with Crippen LogP contribution in [-0.2, 0) is 21.3 Å². The van der Waals surface area contributed by atoms with E-state index in [1.807, 2.05) is 0 Å². The largest absolute Gasteiger partial charge is 0.454 e. The molecule has 4 aliphatic rings. The van der Waals surface area contributed by atoms with Crippen molar-refractivity contribution >= 4 is 10.0 Å². The normalized spacial score (nSPS) is 24.1. The van der Waals surface area contributed by atoms with Crippen LogP contribution >= 0.6 is 0 Å². The van der Waals surface area contributed by atoms with Gasteiger partial charge >= 0.3 is 0 Å². The summed E-state index contributed by atoms with van der Waals surface area (Å²) in [5.74, 6) is 2.41. The second-order valence-corrected chi connectivity index (χ2v) is 10.8. The number of ether oxygens (including phenoxy) is 3. The summed E-state index contributed by atoms with van der Waals surface area (Å²) in [7, 11) is -3.20. The molecule has 3 fully saturated rings. The average Bonchev–Trinajstić information content (AvgIpc) is 3.49. The molecule has 3 aliphatic heterocycles. The van der Waals surface area contributed by atoms with Crippen molar-refractivity contribution in [3.8, 4) is 11.5 Å². The number of piperidine rings is 1. The van der Waals surface area contributed by atoms with Gasteiger partial charge in [0, 0.05) is 44.5 Å². The fourth-order valence-corrected chi connectivity index (χ4v) is 6.59. The molecule has 0 spiro atoms. The molecule has 0 bridgehead atoms. The van der Waals surface area contributed by atoms with E-state index >= 15 is 0 Å². The van der Waals surface area contributed by atoms with Crippen LogP contribution < -0.4 is 14.8 Å². The van der Waals surface area contributed by atoms with Crippen LogP contribution in [0.2, 0.25) is 0 Å². The zero-order valence-electron chi connectivity index (χ0n) is 16.8. The van der Waals surface area contributed by atoms with Gasteiger partial charge in [0.25, 0.3) is 0 Å². The minimum Gasteiger partial charge on any atom is -0.454 e. The fourth-order valence-electron chi connectivity index (χ4n) is 4.66. The maximum absolute atomic E-state index is 12.9. The van der Waals surface area contributed by atoms with Crippen LogP contribution in [0, 0.1) is 0 Å². The summed E-state index contributed by atoms with van der Waals surface area (Å²) < 4.78 is 44.0. The van der Waals surface area contributed by atoms with E-state index in [1.54, 1.807) is 4.31 Å². The molecule has 0 unspecified atom stereocenters. The molecule has 0 atom stereocenters. The summed E-state index contributed by atoms with van der Waals surface area (Å²) in [5, 5.41) is 3.36. The number of hydrogen-bond donors (Lipinski definition) is 1. The van der Waals surface area contributed by atoms with Crippen LogP contribution in [0.1, 0.15) is 55.6 Å². The van der Waals surface area contributed by atoms with E-state index in [0.29, 0.717) is 57.9 Å². The number of hydrogen-bond acceptors (Lipinski definition) is 6. The van der Waals surface area contributed by atoms with E-state index < -0.39 is 10.0 Å². The lowest BCUT2D eigenvalue weighted by atomic mass is 10.0. The van der Waals surface area contributed by atoms with Crippen LogP contribution in [-0.4, -0.2) is 57.1 Å². The van der Waals surface area contributed by atoms with Crippen LogP contribution in [0.3, 0.4) is 0 Å². The molecule has 5 rings (SSSR count). The quantitative estimate of drug-likeness (QED) is 0.758. The van der Waals surface area contributed by atoms with Crippen molar-refractivity contribution in [2.24, 2.45) is 0 Å². The molecular formula is C21H30N2O5S. The molecule has 0 amide bonds. The standard InChI is InChI=1S/C21H30N2O5S/c24-29(25,18-5-9-26-10-6-18)23-7-3-17(4-8-23)22-13-15-11-19(16-1-2-16)21-20(12-15)27-14-28-21/h11-12,16-18,22H,1-10,13-14H2. The van der Waals surface area contributed by atoms with Gasteiger partial charge in [-0.2, -0.15) is 0 Å². The molecular weight excluding hydrogens is 392 g/mol. The molecule has 1 saturated carbocycles. The molecule has 1 aromatic rings. The van der Waals surface area contributed by atoms with Gasteiger partial charge in [-0.25, -0.2) is 12.7 Å². The van der Waals surface area contributed by atoms with Gasteiger partial charge in [0.15, 0.2) is 11.5 Å². The van der Waals surface area contributed by atoms with E-state index in [9.17, 15) is 8.42 Å². The molecule has 2 saturated heterocycles. The minimum absolute atomic E-state index is 0.268. The van der Waals surface area contributed by atoms with Crippen LogP contribution in [0.15, 0.2) is 12.1 Å². The van der Waals surface area contributed by atoms with E-state index in [1.165, 1.54) is 24.0 Å². The van der Waals surface area contributed by atoms with Crippen molar-refractivity contribution in [1.29, 1.82) is 0 Å². The molecule has 0 radical (unpaired) electrons. The molecule has 7 nitrogen and oxygen atoms in total. The Morgan fingerprint density at radius 3 is 2.48 bits per heavy atom. The second kappa shape index (κ2) is 8.06. The van der Waals surface area contributed by atoms with Crippen LogP contribution in [0.4, 0.5) is 0 Å². The lowest BCUT2D eigenvalue weighted by Gasteiger charge is -2.35. The highest BCUT2D eigenvalue weighted by Crippen LogP contribution is 2.49. The number of nitrogens with zero attached hydrogens (tertiary/aromatic N) is 1. The summed E-state index contributed by atoms with van der Waals surface area (Å²) in [6, 6.07) is 4.67. The Bertz CT molecular complexity index is 841. The van der Waals surface area contributed by atoms with Crippen molar-refractivity contribution in [2.45, 2.75) is 62.3 Å². The molecule has 1 N–H and O–H groups in total. The first-order chi connectivity index (χ1) is 14.1. The van der Waals surface area contributed by atoms with E-state index in [-0.39, 0.29) is 5.25 Å². The van der Waals surface area contributed by atoms with Crippen molar-refractivity contribution in [2.75, 3.05) is 33.1 Å². The smallest absolute Gasteiger partial charge is 0.231 e. The van der Waals surface area contributed by atoms with Gasteiger partial charge in [-0.1, -0.05) is 6.07 Å². The lowest BCUT2D eigenvalue weighted by Crippen LogP contribution is -2.48. The van der Waals surface area contributed by atoms with E-state index in [2.05, 4.69) is 17.4 Å². The van der Waals surface area contributed by atoms with E-state index in [0.717, 1.165) is 30.9 Å². The van der Waals surface area contributed by atoms with Gasteiger partial charge in [0.1, 0.15) is 0 Å². The summed E-state index contributed by atoms with van der Waals surface area (Å²) in [6.45, 7) is 3.40. The molecule has 1 aromatic carbocycles. The highest BCUT2D eigenvalue weighted by Gasteiger charge is 2.35. The number of benzene rings is 1. The Kier molecular flexibility index (Phi) is 5.45. The molecule has 1 aliphatic carbocycles. The third-order valence-corrected chi connectivity index (χ3v) is 8.98. The van der Waals surface area contributed by atoms with Crippen molar-refractivity contribution in [1.82, 2.24) is 9.62 Å². The van der Waals surface area contributed by atoms with Crippen molar-refractivity contribution in [3.63, 3.8) is 0 Å². The Hall–Kier alpha value is -1.35. The molecule has 29 heavy (non-hydrogen) atoms. The number of rotatable bonds is 6. The zero-order chi connectivity index (χ0) is 19.8. The van der Waals surface area contributed by atoms with Gasteiger partial charge in [-0.3, -0.25) is 0 Å². The van der Waals surface area contributed by atoms with Crippen LogP contribution in [0.5, 0.6) is 11.5 Å². The SMILES string of the molecule is O=S(=O)(C1CCOCC1)N1CCC(NCc2cc3c(c(C4CC4)c2)OCO3)CC1. The van der Waals surface area contributed by atoms with Gasteiger partial charge in [-0.05, 0) is 56.1 Å². The zero-order valence-corrected chi connectivity index (χ0v) is 17.6. The highest BCUT2D eigenvalue weighted by atomic mass is 32.2. The maximum Gasteiger partial charge on any atom is 0.231 e. The predicted molar refractivity (Wildman–Crippen MR) is 109 cm³/mol.